The molecule has 0 aliphatic heterocycles. The third-order valence-electron chi connectivity index (χ3n) is 4.70. The van der Waals surface area contributed by atoms with Crippen molar-refractivity contribution in [2.45, 2.75) is 26.2 Å². The van der Waals surface area contributed by atoms with Crippen LogP contribution in [0.4, 0.5) is 5.82 Å². The van der Waals surface area contributed by atoms with E-state index in [2.05, 4.69) is 24.2 Å². The lowest BCUT2D eigenvalue weighted by Gasteiger charge is -2.28. The van der Waals surface area contributed by atoms with Crippen LogP contribution in [0.2, 0.25) is 0 Å². The number of aromatic hydroxyl groups is 1. The van der Waals surface area contributed by atoms with E-state index in [0.29, 0.717) is 17.3 Å². The van der Waals surface area contributed by atoms with Crippen molar-refractivity contribution < 1.29 is 5.11 Å². The molecule has 24 heavy (non-hydrogen) atoms. The van der Waals surface area contributed by atoms with E-state index in [9.17, 15) is 5.11 Å². The third-order valence-corrected chi connectivity index (χ3v) is 4.70. The van der Waals surface area contributed by atoms with Gasteiger partial charge in [0.15, 0.2) is 5.82 Å². The van der Waals surface area contributed by atoms with Crippen LogP contribution >= 0.6 is 0 Å². The first-order valence-electron chi connectivity index (χ1n) is 8.64. The molecule has 5 heteroatoms. The first kappa shape index (κ1) is 16.7. The molecule has 2 aromatic rings. The minimum Gasteiger partial charge on any atom is -0.507 e. The molecular formula is C19H26N4O. The normalized spacial score (nSPS) is 16.7. The Bertz CT molecular complexity index is 717. The molecule has 1 atom stereocenters. The molecule has 1 aromatic carbocycles. The maximum atomic E-state index is 10.2. The number of hydrogen-bond acceptors (Lipinski definition) is 5. The van der Waals surface area contributed by atoms with Gasteiger partial charge in [-0.25, -0.2) is 9.97 Å². The summed E-state index contributed by atoms with van der Waals surface area (Å²) in [7, 11) is 4.03. The highest BCUT2D eigenvalue weighted by Gasteiger charge is 2.24. The average molecular weight is 326 g/mol. The van der Waals surface area contributed by atoms with Gasteiger partial charge in [-0.3, -0.25) is 0 Å². The summed E-state index contributed by atoms with van der Waals surface area (Å²) in [5.74, 6) is 2.48. The molecule has 128 valence electrons. The Balaban J connectivity index is 2.08. The first-order chi connectivity index (χ1) is 11.6. The van der Waals surface area contributed by atoms with Gasteiger partial charge in [-0.2, -0.15) is 0 Å². The molecule has 1 unspecified atom stereocenters. The molecule has 0 saturated carbocycles. The Morgan fingerprint density at radius 3 is 2.83 bits per heavy atom. The minimum absolute atomic E-state index is 0.227. The number of anilines is 1. The van der Waals surface area contributed by atoms with Crippen molar-refractivity contribution in [3.05, 3.63) is 35.5 Å². The van der Waals surface area contributed by atoms with Crippen molar-refractivity contribution in [2.75, 3.05) is 32.1 Å². The molecule has 1 aliphatic carbocycles. The van der Waals surface area contributed by atoms with Gasteiger partial charge in [0, 0.05) is 25.7 Å². The van der Waals surface area contributed by atoms with E-state index >= 15 is 0 Å². The van der Waals surface area contributed by atoms with Crippen LogP contribution in [0, 0.1) is 5.92 Å². The second kappa shape index (κ2) is 7.18. The molecule has 1 aromatic heterocycles. The number of hydrogen-bond donors (Lipinski definition) is 2. The number of fused-ring (bicyclic) bond motifs is 1. The van der Waals surface area contributed by atoms with E-state index in [1.807, 2.05) is 25.2 Å². The van der Waals surface area contributed by atoms with Crippen molar-refractivity contribution in [1.82, 2.24) is 15.3 Å². The van der Waals surface area contributed by atoms with E-state index < -0.39 is 0 Å². The summed E-state index contributed by atoms with van der Waals surface area (Å²) >= 11 is 0. The van der Waals surface area contributed by atoms with Crippen molar-refractivity contribution in [2.24, 2.45) is 5.92 Å². The molecule has 0 spiro atoms. The van der Waals surface area contributed by atoms with Crippen LogP contribution < -0.4 is 10.2 Å². The largest absolute Gasteiger partial charge is 0.507 e. The number of benzene rings is 1. The fourth-order valence-corrected chi connectivity index (χ4v) is 3.25. The SMILES string of the molecule is CNCCN(C)c1nc(-c2ccccc2O)nc2c1CCC(C)C2. The third kappa shape index (κ3) is 3.36. The smallest absolute Gasteiger partial charge is 0.165 e. The molecule has 1 heterocycles. The standard InChI is InChI=1S/C19H26N4O/c1-13-8-9-14-16(12-13)21-18(15-6-4-5-7-17(15)24)22-19(14)23(3)11-10-20-2/h4-7,13,20,24H,8-12H2,1-3H3. The average Bonchev–Trinajstić information content (AvgIpc) is 2.58. The van der Waals surface area contributed by atoms with Gasteiger partial charge in [0.2, 0.25) is 0 Å². The lowest BCUT2D eigenvalue weighted by atomic mass is 9.88. The highest BCUT2D eigenvalue weighted by molar-refractivity contribution is 5.66. The Hall–Kier alpha value is -2.14. The van der Waals surface area contributed by atoms with E-state index in [0.717, 1.165) is 37.4 Å². The Morgan fingerprint density at radius 2 is 2.08 bits per heavy atom. The number of phenols is 1. The van der Waals surface area contributed by atoms with Gasteiger partial charge in [0.05, 0.1) is 11.3 Å². The highest BCUT2D eigenvalue weighted by Crippen LogP contribution is 2.34. The van der Waals surface area contributed by atoms with Crippen molar-refractivity contribution in [3.63, 3.8) is 0 Å². The monoisotopic (exact) mass is 326 g/mol. The second-order valence-electron chi connectivity index (χ2n) is 6.69. The molecule has 0 bridgehead atoms. The number of likely N-dealkylation sites (N-methyl/N-ethyl adjacent to an activating group) is 2. The minimum atomic E-state index is 0.227. The van der Waals surface area contributed by atoms with Gasteiger partial charge in [0.25, 0.3) is 0 Å². The van der Waals surface area contributed by atoms with Crippen molar-refractivity contribution in [1.29, 1.82) is 0 Å². The number of nitrogens with zero attached hydrogens (tertiary/aromatic N) is 3. The van der Waals surface area contributed by atoms with Crippen LogP contribution in [0.15, 0.2) is 24.3 Å². The molecule has 1 aliphatic rings. The van der Waals surface area contributed by atoms with E-state index in [1.165, 1.54) is 12.0 Å². The number of rotatable bonds is 5. The zero-order valence-corrected chi connectivity index (χ0v) is 14.7. The molecule has 3 rings (SSSR count). The number of para-hydroxylation sites is 1. The molecule has 0 saturated heterocycles. The summed E-state index contributed by atoms with van der Waals surface area (Å²) in [4.78, 5) is 11.8. The second-order valence-corrected chi connectivity index (χ2v) is 6.69. The Labute approximate surface area is 143 Å². The highest BCUT2D eigenvalue weighted by atomic mass is 16.3. The lowest BCUT2D eigenvalue weighted by Crippen LogP contribution is -2.30. The number of nitrogens with one attached hydrogen (secondary N) is 1. The molecule has 2 N–H and O–H groups in total. The Morgan fingerprint density at radius 1 is 1.29 bits per heavy atom. The maximum Gasteiger partial charge on any atom is 0.165 e. The van der Waals surface area contributed by atoms with Crippen LogP contribution in [0.5, 0.6) is 5.75 Å². The lowest BCUT2D eigenvalue weighted by molar-refractivity contribution is 0.476. The van der Waals surface area contributed by atoms with Gasteiger partial charge in [-0.15, -0.1) is 0 Å². The maximum absolute atomic E-state index is 10.2. The van der Waals surface area contributed by atoms with E-state index in [1.54, 1.807) is 6.07 Å². The van der Waals surface area contributed by atoms with Crippen molar-refractivity contribution >= 4 is 5.82 Å². The predicted octanol–water partition coefficient (Wildman–Crippen LogP) is 2.63. The van der Waals surface area contributed by atoms with Gasteiger partial charge >= 0.3 is 0 Å². The zero-order chi connectivity index (χ0) is 17.1. The first-order valence-corrected chi connectivity index (χ1v) is 8.64. The quantitative estimate of drug-likeness (QED) is 0.884. The topological polar surface area (TPSA) is 61.3 Å². The van der Waals surface area contributed by atoms with Gasteiger partial charge in [-0.05, 0) is 44.4 Å². The fourth-order valence-electron chi connectivity index (χ4n) is 3.25. The summed E-state index contributed by atoms with van der Waals surface area (Å²) in [5, 5.41) is 13.4. The van der Waals surface area contributed by atoms with Crippen LogP contribution in [0.25, 0.3) is 11.4 Å². The summed E-state index contributed by atoms with van der Waals surface area (Å²) in [6.07, 6.45) is 3.18. The summed E-state index contributed by atoms with van der Waals surface area (Å²) < 4.78 is 0. The van der Waals surface area contributed by atoms with Crippen molar-refractivity contribution in [3.8, 4) is 17.1 Å². The Kier molecular flexibility index (Phi) is 5.00. The van der Waals surface area contributed by atoms with Gasteiger partial charge in [0.1, 0.15) is 11.6 Å². The number of phenolic OH excluding ortho intramolecular Hbond substituents is 1. The molecular weight excluding hydrogens is 300 g/mol. The van der Waals surface area contributed by atoms with Crippen LogP contribution in [0.1, 0.15) is 24.6 Å². The van der Waals surface area contributed by atoms with Gasteiger partial charge < -0.3 is 15.3 Å². The molecule has 0 fully saturated rings. The molecule has 5 nitrogen and oxygen atoms in total. The number of aromatic nitrogens is 2. The molecule has 0 amide bonds. The van der Waals surface area contributed by atoms with E-state index in [-0.39, 0.29) is 5.75 Å². The fraction of sp³-hybridized carbons (Fsp3) is 0.474. The summed E-state index contributed by atoms with van der Waals surface area (Å²) in [6, 6.07) is 7.29. The van der Waals surface area contributed by atoms with E-state index in [4.69, 9.17) is 9.97 Å². The van der Waals surface area contributed by atoms with Crippen LogP contribution in [0.3, 0.4) is 0 Å². The van der Waals surface area contributed by atoms with Crippen LogP contribution in [-0.2, 0) is 12.8 Å². The summed E-state index contributed by atoms with van der Waals surface area (Å²) in [6.45, 7) is 4.06. The van der Waals surface area contributed by atoms with Gasteiger partial charge in [-0.1, -0.05) is 19.1 Å². The zero-order valence-electron chi connectivity index (χ0n) is 14.7. The summed E-state index contributed by atoms with van der Waals surface area (Å²) in [5.41, 5.74) is 3.10. The molecule has 0 radical (unpaired) electrons. The van der Waals surface area contributed by atoms with Crippen LogP contribution in [-0.4, -0.2) is 42.3 Å². The predicted molar refractivity (Wildman–Crippen MR) is 97.5 cm³/mol.